The SMILES string of the molecule is CCC1CCC(c2ncc(CCl)cn2)CC1. The molecule has 1 aliphatic carbocycles. The van der Waals surface area contributed by atoms with Crippen molar-refractivity contribution in [3.05, 3.63) is 23.8 Å². The standard InChI is InChI=1S/C13H19ClN2/c1-2-10-3-5-12(6-4-10)13-15-8-11(7-14)9-16-13/h8-10,12H,2-7H2,1H3. The van der Waals surface area contributed by atoms with Crippen LogP contribution in [-0.4, -0.2) is 9.97 Å². The summed E-state index contributed by atoms with van der Waals surface area (Å²) in [6.07, 6.45) is 10.2. The molecule has 0 aliphatic heterocycles. The Morgan fingerprint density at radius 3 is 2.31 bits per heavy atom. The third-order valence-corrected chi connectivity index (χ3v) is 3.98. The predicted octanol–water partition coefficient (Wildman–Crippen LogP) is 3.90. The monoisotopic (exact) mass is 238 g/mol. The molecule has 2 nitrogen and oxygen atoms in total. The molecule has 1 aromatic rings. The summed E-state index contributed by atoms with van der Waals surface area (Å²) in [6, 6.07) is 0. The lowest BCUT2D eigenvalue weighted by Gasteiger charge is -2.26. The van der Waals surface area contributed by atoms with Crippen molar-refractivity contribution in [2.45, 2.75) is 50.8 Å². The molecule has 0 aromatic carbocycles. The lowest BCUT2D eigenvalue weighted by atomic mass is 9.80. The molecule has 1 fully saturated rings. The third kappa shape index (κ3) is 2.73. The molecular weight excluding hydrogens is 220 g/mol. The number of rotatable bonds is 3. The highest BCUT2D eigenvalue weighted by Gasteiger charge is 2.22. The summed E-state index contributed by atoms with van der Waals surface area (Å²) in [4.78, 5) is 8.86. The van der Waals surface area contributed by atoms with E-state index in [0.717, 1.165) is 17.3 Å². The lowest BCUT2D eigenvalue weighted by Crippen LogP contribution is -2.14. The fraction of sp³-hybridized carbons (Fsp3) is 0.692. The van der Waals surface area contributed by atoms with Crippen LogP contribution < -0.4 is 0 Å². The summed E-state index contributed by atoms with van der Waals surface area (Å²) >= 11 is 5.72. The average Bonchev–Trinajstić information content (AvgIpc) is 2.39. The minimum atomic E-state index is 0.503. The van der Waals surface area contributed by atoms with E-state index in [0.29, 0.717) is 11.8 Å². The first-order chi connectivity index (χ1) is 7.83. The fourth-order valence-electron chi connectivity index (χ4n) is 2.47. The summed E-state index contributed by atoms with van der Waals surface area (Å²) in [6.45, 7) is 2.29. The molecule has 16 heavy (non-hydrogen) atoms. The number of hydrogen-bond donors (Lipinski definition) is 0. The Labute approximate surface area is 102 Å². The molecular formula is C13H19ClN2. The maximum Gasteiger partial charge on any atom is 0.131 e. The minimum Gasteiger partial charge on any atom is -0.241 e. The molecule has 0 saturated heterocycles. The summed E-state index contributed by atoms with van der Waals surface area (Å²) < 4.78 is 0. The molecule has 0 atom stereocenters. The molecule has 3 heteroatoms. The van der Waals surface area contributed by atoms with E-state index < -0.39 is 0 Å². The van der Waals surface area contributed by atoms with E-state index in [1.807, 2.05) is 12.4 Å². The maximum absolute atomic E-state index is 5.72. The topological polar surface area (TPSA) is 25.8 Å². The Morgan fingerprint density at radius 2 is 1.81 bits per heavy atom. The largest absolute Gasteiger partial charge is 0.241 e. The highest BCUT2D eigenvalue weighted by Crippen LogP contribution is 2.35. The maximum atomic E-state index is 5.72. The van der Waals surface area contributed by atoms with Gasteiger partial charge in [-0.1, -0.05) is 13.3 Å². The second kappa shape index (κ2) is 5.62. The molecule has 0 amide bonds. The number of nitrogens with zero attached hydrogens (tertiary/aromatic N) is 2. The van der Waals surface area contributed by atoms with E-state index in [1.165, 1.54) is 32.1 Å². The van der Waals surface area contributed by atoms with Crippen molar-refractivity contribution < 1.29 is 0 Å². The first kappa shape index (κ1) is 11.8. The van der Waals surface area contributed by atoms with Crippen molar-refractivity contribution in [2.75, 3.05) is 0 Å². The van der Waals surface area contributed by atoms with Crippen molar-refractivity contribution in [1.82, 2.24) is 9.97 Å². The van der Waals surface area contributed by atoms with Crippen molar-refractivity contribution in [3.63, 3.8) is 0 Å². The zero-order chi connectivity index (χ0) is 11.4. The molecule has 1 heterocycles. The van der Waals surface area contributed by atoms with Gasteiger partial charge in [0, 0.05) is 23.9 Å². The van der Waals surface area contributed by atoms with Crippen LogP contribution in [0.4, 0.5) is 0 Å². The molecule has 1 aliphatic rings. The van der Waals surface area contributed by atoms with Crippen LogP contribution in [0.3, 0.4) is 0 Å². The van der Waals surface area contributed by atoms with E-state index in [1.54, 1.807) is 0 Å². The second-order valence-corrected chi connectivity index (χ2v) is 4.98. The van der Waals surface area contributed by atoms with Gasteiger partial charge in [-0.25, -0.2) is 9.97 Å². The molecule has 0 unspecified atom stereocenters. The molecule has 88 valence electrons. The highest BCUT2D eigenvalue weighted by atomic mass is 35.5. The lowest BCUT2D eigenvalue weighted by molar-refractivity contribution is 0.312. The Kier molecular flexibility index (Phi) is 4.16. The van der Waals surface area contributed by atoms with Crippen molar-refractivity contribution in [1.29, 1.82) is 0 Å². The van der Waals surface area contributed by atoms with Crippen LogP contribution >= 0.6 is 11.6 Å². The first-order valence-electron chi connectivity index (χ1n) is 6.20. The first-order valence-corrected chi connectivity index (χ1v) is 6.73. The second-order valence-electron chi connectivity index (χ2n) is 4.71. The van der Waals surface area contributed by atoms with E-state index in [-0.39, 0.29) is 0 Å². The molecule has 0 N–H and O–H groups in total. The third-order valence-electron chi connectivity index (χ3n) is 3.67. The van der Waals surface area contributed by atoms with Crippen molar-refractivity contribution in [3.8, 4) is 0 Å². The zero-order valence-corrected chi connectivity index (χ0v) is 10.6. The van der Waals surface area contributed by atoms with Crippen LogP contribution in [0, 0.1) is 5.92 Å². The van der Waals surface area contributed by atoms with Gasteiger partial charge in [0.1, 0.15) is 5.82 Å². The molecule has 0 radical (unpaired) electrons. The Morgan fingerprint density at radius 1 is 1.19 bits per heavy atom. The number of alkyl halides is 1. The van der Waals surface area contributed by atoms with E-state index in [9.17, 15) is 0 Å². The van der Waals surface area contributed by atoms with Gasteiger partial charge in [-0.15, -0.1) is 11.6 Å². The average molecular weight is 239 g/mol. The molecule has 2 rings (SSSR count). The van der Waals surface area contributed by atoms with Gasteiger partial charge in [-0.05, 0) is 31.6 Å². The molecule has 1 aromatic heterocycles. The summed E-state index contributed by atoms with van der Waals surface area (Å²) in [5, 5.41) is 0. The van der Waals surface area contributed by atoms with Gasteiger partial charge in [-0.3, -0.25) is 0 Å². The van der Waals surface area contributed by atoms with E-state index in [2.05, 4.69) is 16.9 Å². The fourth-order valence-corrected chi connectivity index (χ4v) is 2.61. The van der Waals surface area contributed by atoms with Crippen LogP contribution in [0.15, 0.2) is 12.4 Å². The van der Waals surface area contributed by atoms with Crippen LogP contribution in [0.5, 0.6) is 0 Å². The normalized spacial score (nSPS) is 25.6. The minimum absolute atomic E-state index is 0.503. The van der Waals surface area contributed by atoms with Gasteiger partial charge < -0.3 is 0 Å². The number of hydrogen-bond acceptors (Lipinski definition) is 2. The van der Waals surface area contributed by atoms with Crippen LogP contribution in [0.1, 0.15) is 56.3 Å². The van der Waals surface area contributed by atoms with Crippen LogP contribution in [-0.2, 0) is 5.88 Å². The van der Waals surface area contributed by atoms with E-state index in [4.69, 9.17) is 11.6 Å². The predicted molar refractivity (Wildman–Crippen MR) is 66.6 cm³/mol. The molecule has 1 saturated carbocycles. The summed E-state index contributed by atoms with van der Waals surface area (Å²) in [5.41, 5.74) is 1.01. The summed E-state index contributed by atoms with van der Waals surface area (Å²) in [7, 11) is 0. The Bertz CT molecular complexity index is 315. The van der Waals surface area contributed by atoms with Gasteiger partial charge in [0.2, 0.25) is 0 Å². The van der Waals surface area contributed by atoms with E-state index >= 15 is 0 Å². The van der Waals surface area contributed by atoms with Gasteiger partial charge in [0.15, 0.2) is 0 Å². The number of aromatic nitrogens is 2. The van der Waals surface area contributed by atoms with Crippen LogP contribution in [0.2, 0.25) is 0 Å². The Balaban J connectivity index is 1.97. The number of halogens is 1. The molecule has 0 spiro atoms. The van der Waals surface area contributed by atoms with Crippen LogP contribution in [0.25, 0.3) is 0 Å². The van der Waals surface area contributed by atoms with Gasteiger partial charge in [0.05, 0.1) is 5.88 Å². The smallest absolute Gasteiger partial charge is 0.131 e. The summed E-state index contributed by atoms with van der Waals surface area (Å²) in [5.74, 6) is 3.03. The zero-order valence-electron chi connectivity index (χ0n) is 9.82. The van der Waals surface area contributed by atoms with Crippen molar-refractivity contribution >= 4 is 11.6 Å². The van der Waals surface area contributed by atoms with Gasteiger partial charge >= 0.3 is 0 Å². The quantitative estimate of drug-likeness (QED) is 0.747. The van der Waals surface area contributed by atoms with Gasteiger partial charge in [0.25, 0.3) is 0 Å². The van der Waals surface area contributed by atoms with Gasteiger partial charge in [-0.2, -0.15) is 0 Å². The highest BCUT2D eigenvalue weighted by molar-refractivity contribution is 6.17. The van der Waals surface area contributed by atoms with Crippen molar-refractivity contribution in [2.24, 2.45) is 5.92 Å². The Hall–Kier alpha value is -0.630. The molecule has 0 bridgehead atoms.